The third-order valence-corrected chi connectivity index (χ3v) is 6.91. The van der Waals surface area contributed by atoms with Crippen LogP contribution in [0.3, 0.4) is 0 Å². The van der Waals surface area contributed by atoms with Gasteiger partial charge in [0.1, 0.15) is 17.2 Å². The number of hydrogen-bond acceptors (Lipinski definition) is 5. The Balaban J connectivity index is 1.56. The van der Waals surface area contributed by atoms with Gasteiger partial charge in [0.15, 0.2) is 0 Å². The van der Waals surface area contributed by atoms with Crippen LogP contribution in [0.1, 0.15) is 38.8 Å². The fourth-order valence-electron chi connectivity index (χ4n) is 5.08. The molecule has 40 heavy (non-hydrogen) atoms. The Kier molecular flexibility index (Phi) is 8.80. The Labute approximate surface area is 237 Å². The molecule has 0 spiro atoms. The number of rotatable bonds is 5. The van der Waals surface area contributed by atoms with Gasteiger partial charge in [-0.25, -0.2) is 13.6 Å². The molecular formula is C29H33ClF2N4O4. The molecule has 0 radical (unpaired) electrons. The summed E-state index contributed by atoms with van der Waals surface area (Å²) in [7, 11) is 0. The van der Waals surface area contributed by atoms with Crippen molar-refractivity contribution in [1.82, 2.24) is 14.7 Å². The number of anilines is 1. The van der Waals surface area contributed by atoms with Gasteiger partial charge in [0.2, 0.25) is 11.8 Å². The molecule has 2 bridgehead atoms. The van der Waals surface area contributed by atoms with Gasteiger partial charge < -0.3 is 19.9 Å². The van der Waals surface area contributed by atoms with Gasteiger partial charge in [0, 0.05) is 57.0 Å². The minimum absolute atomic E-state index is 0.152. The summed E-state index contributed by atoms with van der Waals surface area (Å²) >= 11 is 5.89. The van der Waals surface area contributed by atoms with Crippen molar-refractivity contribution in [3.8, 4) is 0 Å². The van der Waals surface area contributed by atoms with Gasteiger partial charge in [-0.1, -0.05) is 23.7 Å². The molecule has 214 valence electrons. The van der Waals surface area contributed by atoms with Crippen LogP contribution in [0.2, 0.25) is 5.02 Å². The highest BCUT2D eigenvalue weighted by Crippen LogP contribution is 2.28. The number of nitrogens with zero attached hydrogens (tertiary/aromatic N) is 3. The minimum atomic E-state index is -0.679. The van der Waals surface area contributed by atoms with Crippen LogP contribution in [-0.4, -0.2) is 76.5 Å². The Morgan fingerprint density at radius 3 is 2.25 bits per heavy atom. The molecule has 11 heteroatoms. The number of piperazine rings is 2. The number of benzene rings is 2. The first-order valence-electron chi connectivity index (χ1n) is 13.0. The maximum atomic E-state index is 14.2. The second-order valence-electron chi connectivity index (χ2n) is 11.1. The molecule has 2 aromatic carbocycles. The van der Waals surface area contributed by atoms with Crippen LogP contribution in [0.4, 0.5) is 19.3 Å². The Morgan fingerprint density at radius 2 is 1.68 bits per heavy atom. The van der Waals surface area contributed by atoms with E-state index in [1.165, 1.54) is 37.3 Å². The second kappa shape index (κ2) is 11.9. The van der Waals surface area contributed by atoms with Crippen LogP contribution in [0.5, 0.6) is 0 Å². The van der Waals surface area contributed by atoms with Gasteiger partial charge in [-0.2, -0.15) is 0 Å². The zero-order valence-corrected chi connectivity index (χ0v) is 23.7. The molecule has 2 aromatic rings. The van der Waals surface area contributed by atoms with E-state index in [4.69, 9.17) is 16.3 Å². The summed E-state index contributed by atoms with van der Waals surface area (Å²) in [6, 6.07) is 8.07. The smallest absolute Gasteiger partial charge is 0.410 e. The van der Waals surface area contributed by atoms with Gasteiger partial charge in [-0.3, -0.25) is 14.5 Å². The number of halogens is 3. The van der Waals surface area contributed by atoms with Crippen molar-refractivity contribution in [1.29, 1.82) is 0 Å². The quantitative estimate of drug-likeness (QED) is 0.513. The highest BCUT2D eigenvalue weighted by Gasteiger charge is 2.44. The molecular weight excluding hydrogens is 542 g/mol. The summed E-state index contributed by atoms with van der Waals surface area (Å²) in [6.45, 7) is 8.81. The van der Waals surface area contributed by atoms with E-state index in [0.717, 1.165) is 11.6 Å². The van der Waals surface area contributed by atoms with Crippen molar-refractivity contribution in [2.75, 3.05) is 31.5 Å². The van der Waals surface area contributed by atoms with E-state index in [9.17, 15) is 23.2 Å². The molecule has 2 heterocycles. The van der Waals surface area contributed by atoms with Gasteiger partial charge >= 0.3 is 6.09 Å². The lowest BCUT2D eigenvalue weighted by atomic mass is 9.99. The molecule has 2 unspecified atom stereocenters. The molecule has 2 fully saturated rings. The average Bonchev–Trinajstić information content (AvgIpc) is 2.84. The number of carbonyl (C=O) groups excluding carboxylic acids is 3. The molecule has 2 saturated heterocycles. The lowest BCUT2D eigenvalue weighted by Crippen LogP contribution is -2.70. The van der Waals surface area contributed by atoms with Crippen LogP contribution in [0.15, 0.2) is 42.5 Å². The van der Waals surface area contributed by atoms with E-state index in [2.05, 4.69) is 10.2 Å². The van der Waals surface area contributed by atoms with Crippen LogP contribution in [0.25, 0.3) is 6.08 Å². The number of hydrogen-bond donors (Lipinski definition) is 1. The Morgan fingerprint density at radius 1 is 1.05 bits per heavy atom. The normalized spacial score (nSPS) is 19.6. The molecule has 4 rings (SSSR count). The highest BCUT2D eigenvalue weighted by molar-refractivity contribution is 6.31. The molecule has 8 nitrogen and oxygen atoms in total. The summed E-state index contributed by atoms with van der Waals surface area (Å²) in [5, 5.41) is 2.45. The summed E-state index contributed by atoms with van der Waals surface area (Å²) in [5.41, 5.74) is 0.860. The van der Waals surface area contributed by atoms with Crippen LogP contribution in [-0.2, 0) is 20.9 Å². The first-order valence-corrected chi connectivity index (χ1v) is 13.4. The van der Waals surface area contributed by atoms with E-state index in [1.807, 2.05) is 0 Å². The van der Waals surface area contributed by atoms with E-state index in [1.54, 1.807) is 42.7 Å². The lowest BCUT2D eigenvalue weighted by Gasteiger charge is -2.52. The fraction of sp³-hybridized carbons (Fsp3) is 0.414. The number of amides is 3. The Bertz CT molecular complexity index is 1300. The second-order valence-corrected chi connectivity index (χ2v) is 11.5. The van der Waals surface area contributed by atoms with Crippen LogP contribution < -0.4 is 5.32 Å². The number of nitrogens with one attached hydrogen (secondary N) is 1. The van der Waals surface area contributed by atoms with E-state index >= 15 is 0 Å². The largest absolute Gasteiger partial charge is 0.444 e. The number of carbonyl (C=O) groups is 3. The van der Waals surface area contributed by atoms with E-state index < -0.39 is 17.5 Å². The van der Waals surface area contributed by atoms with Crippen molar-refractivity contribution in [3.63, 3.8) is 0 Å². The number of fused-ring (bicyclic) bond motifs is 2. The monoisotopic (exact) mass is 574 g/mol. The van der Waals surface area contributed by atoms with Crippen LogP contribution in [0, 0.1) is 11.6 Å². The molecule has 0 aromatic heterocycles. The highest BCUT2D eigenvalue weighted by atomic mass is 35.5. The van der Waals surface area contributed by atoms with E-state index in [0.29, 0.717) is 25.2 Å². The first kappa shape index (κ1) is 29.5. The van der Waals surface area contributed by atoms with Crippen molar-refractivity contribution in [2.24, 2.45) is 0 Å². The molecule has 1 N–H and O–H groups in total. The predicted molar refractivity (Wildman–Crippen MR) is 149 cm³/mol. The summed E-state index contributed by atoms with van der Waals surface area (Å²) in [6.07, 6.45) is 2.35. The average molecular weight is 575 g/mol. The third-order valence-electron chi connectivity index (χ3n) is 6.62. The topological polar surface area (TPSA) is 82.2 Å². The zero-order chi connectivity index (χ0) is 29.2. The maximum Gasteiger partial charge on any atom is 0.410 e. The molecule has 2 atom stereocenters. The summed E-state index contributed by atoms with van der Waals surface area (Å²) in [5.74, 6) is -1.65. The lowest BCUT2D eigenvalue weighted by molar-refractivity contribution is -0.140. The molecule has 0 saturated carbocycles. The molecule has 0 aliphatic carbocycles. The fourth-order valence-corrected chi connectivity index (χ4v) is 5.24. The minimum Gasteiger partial charge on any atom is -0.444 e. The SMILES string of the molecule is CC(=O)Nc1cc(Cl)c(F)cc1C=CC(=O)N1C2CN(Cc3ccc(F)cc3)CC1CN(C(=O)OC(C)(C)C)C2. The van der Waals surface area contributed by atoms with Crippen molar-refractivity contribution < 1.29 is 27.9 Å². The summed E-state index contributed by atoms with van der Waals surface area (Å²) < 4.78 is 33.2. The van der Waals surface area contributed by atoms with Gasteiger partial charge in [0.05, 0.1) is 17.1 Å². The first-order chi connectivity index (χ1) is 18.8. The third kappa shape index (κ3) is 7.37. The number of ether oxygens (including phenoxy) is 1. The Hall–Kier alpha value is -3.50. The zero-order valence-electron chi connectivity index (χ0n) is 22.9. The molecule has 2 aliphatic rings. The van der Waals surface area contributed by atoms with Gasteiger partial charge in [-0.05, 0) is 56.7 Å². The summed E-state index contributed by atoms with van der Waals surface area (Å²) in [4.78, 5) is 43.6. The maximum absolute atomic E-state index is 14.2. The van der Waals surface area contributed by atoms with Crippen molar-refractivity contribution >= 4 is 41.3 Å². The van der Waals surface area contributed by atoms with Crippen molar-refractivity contribution in [2.45, 2.75) is 51.9 Å². The standard InChI is InChI=1S/C29H33ClF2N4O4/c1-18(37)33-26-12-24(30)25(32)11-20(26)7-10-27(38)36-22-14-34(13-19-5-8-21(31)9-6-19)15-23(36)17-35(16-22)28(39)40-29(2,3)4/h5-12,22-23H,13-17H2,1-4H3,(H,33,37). The van der Waals surface area contributed by atoms with Gasteiger partial charge in [-0.15, -0.1) is 0 Å². The van der Waals surface area contributed by atoms with Crippen molar-refractivity contribution in [3.05, 3.63) is 70.3 Å². The van der Waals surface area contributed by atoms with E-state index in [-0.39, 0.29) is 53.5 Å². The van der Waals surface area contributed by atoms with Crippen LogP contribution >= 0.6 is 11.6 Å². The molecule has 3 amide bonds. The van der Waals surface area contributed by atoms with Gasteiger partial charge in [0.25, 0.3) is 0 Å². The predicted octanol–water partition coefficient (Wildman–Crippen LogP) is 4.92. The molecule has 2 aliphatic heterocycles.